The van der Waals surface area contributed by atoms with Crippen LogP contribution >= 0.6 is 0 Å². The molecule has 1 aromatic heterocycles. The van der Waals surface area contributed by atoms with Crippen LogP contribution < -0.4 is 0 Å². The Hall–Kier alpha value is -2.53. The summed E-state index contributed by atoms with van der Waals surface area (Å²) in [6, 6.07) is 20.2. The Morgan fingerprint density at radius 1 is 0.781 bits per heavy atom. The average Bonchev–Trinajstić information content (AvgIpc) is 3.21. The lowest BCUT2D eigenvalue weighted by atomic mass is 9.89. The van der Waals surface area contributed by atoms with Crippen molar-refractivity contribution >= 4 is 0 Å². The molecule has 0 atom stereocenters. The third kappa shape index (κ3) is 6.26. The molecule has 0 saturated heterocycles. The van der Waals surface area contributed by atoms with Crippen molar-refractivity contribution in [3.8, 4) is 0 Å². The third-order valence-corrected chi connectivity index (χ3v) is 6.43. The van der Waals surface area contributed by atoms with Crippen LogP contribution in [-0.4, -0.2) is 16.0 Å². The first-order valence-electron chi connectivity index (χ1n) is 11.5. The molecule has 0 unspecified atom stereocenters. The lowest BCUT2D eigenvalue weighted by molar-refractivity contribution is -0.137. The predicted molar refractivity (Wildman–Crippen MR) is 122 cm³/mol. The normalized spacial score (nSPS) is 15.4. The van der Waals surface area contributed by atoms with E-state index in [4.69, 9.17) is 0 Å². The highest BCUT2D eigenvalue weighted by molar-refractivity contribution is 5.25. The molecule has 4 rings (SSSR count). The van der Waals surface area contributed by atoms with E-state index in [2.05, 4.69) is 39.8 Å². The van der Waals surface area contributed by atoms with Gasteiger partial charge in [-0.15, -0.1) is 0 Å². The second-order valence-corrected chi connectivity index (χ2v) is 8.98. The fourth-order valence-electron chi connectivity index (χ4n) is 4.73. The zero-order chi connectivity index (χ0) is 22.4. The van der Waals surface area contributed by atoms with Crippen molar-refractivity contribution in [2.24, 2.45) is 5.92 Å². The van der Waals surface area contributed by atoms with Gasteiger partial charge in [-0.1, -0.05) is 61.7 Å². The molecule has 0 spiro atoms. The Morgan fingerprint density at radius 2 is 1.50 bits per heavy atom. The summed E-state index contributed by atoms with van der Waals surface area (Å²) in [5.74, 6) is 0.741. The molecule has 0 radical (unpaired) electrons. The number of rotatable bonds is 8. The quantitative estimate of drug-likeness (QED) is 0.361. The summed E-state index contributed by atoms with van der Waals surface area (Å²) >= 11 is 0. The lowest BCUT2D eigenvalue weighted by Crippen LogP contribution is -2.30. The van der Waals surface area contributed by atoms with Crippen molar-refractivity contribution in [1.82, 2.24) is 9.47 Å². The van der Waals surface area contributed by atoms with Crippen molar-refractivity contribution in [1.29, 1.82) is 0 Å². The Balaban J connectivity index is 1.47. The second-order valence-electron chi connectivity index (χ2n) is 8.98. The first-order valence-corrected chi connectivity index (χ1v) is 11.5. The Kier molecular flexibility index (Phi) is 7.36. The molecule has 1 heterocycles. The largest absolute Gasteiger partial charge is 0.416 e. The van der Waals surface area contributed by atoms with Crippen LogP contribution in [0.5, 0.6) is 0 Å². The van der Waals surface area contributed by atoms with Crippen molar-refractivity contribution < 1.29 is 13.2 Å². The maximum absolute atomic E-state index is 12.9. The number of halogens is 3. The van der Waals surface area contributed by atoms with Crippen LogP contribution in [0.4, 0.5) is 13.2 Å². The van der Waals surface area contributed by atoms with Gasteiger partial charge in [-0.3, -0.25) is 4.90 Å². The van der Waals surface area contributed by atoms with E-state index >= 15 is 0 Å². The summed E-state index contributed by atoms with van der Waals surface area (Å²) in [5, 5.41) is 0. The van der Waals surface area contributed by atoms with E-state index in [1.165, 1.54) is 55.5 Å². The standard InChI is InChI=1S/C27H31F3N2/c28-27(29,30)25-15-13-24(14-16-25)20-32-17-7-12-26(32)21-31(18-22-8-3-1-4-9-22)19-23-10-5-2-6-11-23/h1,3-4,7-9,12-17,23H,2,5-6,10-11,18-21H2. The Bertz CT molecular complexity index is 955. The minimum absolute atomic E-state index is 0.572. The van der Waals surface area contributed by atoms with Crippen LogP contribution in [0.2, 0.25) is 0 Å². The molecule has 1 aliphatic rings. The van der Waals surface area contributed by atoms with Gasteiger partial charge in [-0.2, -0.15) is 13.2 Å². The Morgan fingerprint density at radius 3 is 2.19 bits per heavy atom. The van der Waals surface area contributed by atoms with E-state index in [9.17, 15) is 13.2 Å². The van der Waals surface area contributed by atoms with Gasteiger partial charge in [-0.25, -0.2) is 0 Å². The molecule has 0 amide bonds. The van der Waals surface area contributed by atoms with Crippen molar-refractivity contribution in [2.45, 2.75) is 57.9 Å². The molecule has 2 nitrogen and oxygen atoms in total. The van der Waals surface area contributed by atoms with Crippen LogP contribution in [0.3, 0.4) is 0 Å². The molecule has 0 bridgehead atoms. The summed E-state index contributed by atoms with van der Waals surface area (Å²) in [5.41, 5.74) is 2.77. The molecule has 1 aliphatic carbocycles. The van der Waals surface area contributed by atoms with Crippen LogP contribution in [0.25, 0.3) is 0 Å². The van der Waals surface area contributed by atoms with E-state index in [-0.39, 0.29) is 0 Å². The number of nitrogens with zero attached hydrogens (tertiary/aromatic N) is 2. The van der Waals surface area contributed by atoms with Gasteiger partial charge in [0, 0.05) is 38.1 Å². The molecular weight excluding hydrogens is 409 g/mol. The second kappa shape index (κ2) is 10.4. The monoisotopic (exact) mass is 440 g/mol. The molecule has 2 aromatic carbocycles. The highest BCUT2D eigenvalue weighted by atomic mass is 19.4. The summed E-state index contributed by atoms with van der Waals surface area (Å²) < 4.78 is 40.7. The van der Waals surface area contributed by atoms with Crippen molar-refractivity contribution in [2.75, 3.05) is 6.54 Å². The van der Waals surface area contributed by atoms with Crippen LogP contribution in [-0.2, 0) is 25.8 Å². The summed E-state index contributed by atoms with van der Waals surface area (Å²) in [4.78, 5) is 2.53. The lowest BCUT2D eigenvalue weighted by Gasteiger charge is -2.30. The van der Waals surface area contributed by atoms with Crippen LogP contribution in [0.15, 0.2) is 72.9 Å². The van der Waals surface area contributed by atoms with Gasteiger partial charge < -0.3 is 4.57 Å². The minimum atomic E-state index is -4.30. The molecule has 0 aliphatic heterocycles. The first-order chi connectivity index (χ1) is 15.5. The van der Waals surface area contributed by atoms with Gasteiger partial charge in [0.2, 0.25) is 0 Å². The highest BCUT2D eigenvalue weighted by Crippen LogP contribution is 2.29. The fraction of sp³-hybridized carbons (Fsp3) is 0.407. The van der Waals surface area contributed by atoms with Gasteiger partial charge in [0.15, 0.2) is 0 Å². The maximum Gasteiger partial charge on any atom is 0.416 e. The van der Waals surface area contributed by atoms with Gasteiger partial charge in [0.1, 0.15) is 0 Å². The van der Waals surface area contributed by atoms with E-state index < -0.39 is 11.7 Å². The fourth-order valence-corrected chi connectivity index (χ4v) is 4.73. The van der Waals surface area contributed by atoms with Crippen LogP contribution in [0, 0.1) is 5.92 Å². The van der Waals surface area contributed by atoms with E-state index in [0.717, 1.165) is 31.1 Å². The highest BCUT2D eigenvalue weighted by Gasteiger charge is 2.30. The number of alkyl halides is 3. The smallest absolute Gasteiger partial charge is 0.346 e. The van der Waals surface area contributed by atoms with Gasteiger partial charge in [0.05, 0.1) is 5.56 Å². The molecule has 1 fully saturated rings. The molecular formula is C27H31F3N2. The molecule has 0 N–H and O–H groups in total. The number of hydrogen-bond donors (Lipinski definition) is 0. The number of aromatic nitrogens is 1. The molecule has 170 valence electrons. The number of hydrogen-bond acceptors (Lipinski definition) is 1. The Labute approximate surface area is 188 Å². The van der Waals surface area contributed by atoms with Gasteiger partial charge >= 0.3 is 6.18 Å². The zero-order valence-electron chi connectivity index (χ0n) is 18.4. The van der Waals surface area contributed by atoms with E-state index in [0.29, 0.717) is 6.54 Å². The average molecular weight is 441 g/mol. The minimum Gasteiger partial charge on any atom is -0.346 e. The topological polar surface area (TPSA) is 8.17 Å². The van der Waals surface area contributed by atoms with Gasteiger partial charge in [-0.05, 0) is 54.2 Å². The molecule has 32 heavy (non-hydrogen) atoms. The zero-order valence-corrected chi connectivity index (χ0v) is 18.4. The number of benzene rings is 2. The van der Waals surface area contributed by atoms with E-state index in [1.807, 2.05) is 18.3 Å². The van der Waals surface area contributed by atoms with Gasteiger partial charge in [0.25, 0.3) is 0 Å². The summed E-state index contributed by atoms with van der Waals surface area (Å²) in [6.45, 7) is 3.39. The molecule has 5 heteroatoms. The maximum atomic E-state index is 12.9. The SMILES string of the molecule is FC(F)(F)c1ccc(Cn2cccc2CN(Cc2ccccc2)CC2CCCCC2)cc1. The molecule has 1 saturated carbocycles. The summed E-state index contributed by atoms with van der Waals surface area (Å²) in [7, 11) is 0. The predicted octanol–water partition coefficient (Wildman–Crippen LogP) is 7.14. The summed E-state index contributed by atoms with van der Waals surface area (Å²) in [6.07, 6.45) is 4.34. The first kappa shape index (κ1) is 22.7. The third-order valence-electron chi connectivity index (χ3n) is 6.43. The van der Waals surface area contributed by atoms with Crippen molar-refractivity contribution in [3.63, 3.8) is 0 Å². The van der Waals surface area contributed by atoms with Crippen LogP contribution in [0.1, 0.15) is 54.5 Å². The van der Waals surface area contributed by atoms with Crippen molar-refractivity contribution in [3.05, 3.63) is 95.3 Å². The van der Waals surface area contributed by atoms with E-state index in [1.54, 1.807) is 12.1 Å². The molecule has 3 aromatic rings.